The van der Waals surface area contributed by atoms with Crippen LogP contribution in [-0.2, 0) is 14.6 Å². The van der Waals surface area contributed by atoms with Crippen molar-refractivity contribution in [3.8, 4) is 11.5 Å². The van der Waals surface area contributed by atoms with E-state index >= 15 is 0 Å². The molecule has 0 radical (unpaired) electrons. The van der Waals surface area contributed by atoms with Crippen LogP contribution >= 0.6 is 11.6 Å². The van der Waals surface area contributed by atoms with E-state index in [9.17, 15) is 13.2 Å². The number of carbonyl (C=O) groups excluding carboxylic acids is 1. The van der Waals surface area contributed by atoms with Crippen molar-refractivity contribution in [1.29, 1.82) is 0 Å². The van der Waals surface area contributed by atoms with Crippen LogP contribution in [0.15, 0.2) is 48.5 Å². The number of rotatable bonds is 5. The second-order valence-corrected chi connectivity index (χ2v) is 8.71. The molecule has 2 aromatic rings. The minimum atomic E-state index is -2.96. The maximum Gasteiger partial charge on any atom is 0.224 e. The number of para-hydroxylation sites is 1. The van der Waals surface area contributed by atoms with E-state index in [1.54, 1.807) is 36.4 Å². The second kappa shape index (κ2) is 7.45. The Balaban J connectivity index is 1.55. The number of sulfone groups is 1. The number of amides is 1. The number of hydrogen-bond donors (Lipinski definition) is 1. The Bertz CT molecular complexity index is 865. The van der Waals surface area contributed by atoms with Gasteiger partial charge in [-0.05, 0) is 48.7 Å². The van der Waals surface area contributed by atoms with Crippen molar-refractivity contribution in [1.82, 2.24) is 0 Å². The molecule has 1 N–H and O–H groups in total. The molecule has 1 saturated heterocycles. The van der Waals surface area contributed by atoms with Crippen LogP contribution in [0.2, 0.25) is 5.02 Å². The van der Waals surface area contributed by atoms with Crippen LogP contribution < -0.4 is 10.1 Å². The Morgan fingerprint density at radius 1 is 1.16 bits per heavy atom. The SMILES string of the molecule is O=C(C[C@H]1CCS(=O)(=O)C1)Nc1ccc(Oc2ccccc2Cl)cc1. The highest BCUT2D eigenvalue weighted by Gasteiger charge is 2.29. The Morgan fingerprint density at radius 2 is 1.88 bits per heavy atom. The zero-order chi connectivity index (χ0) is 17.9. The fourth-order valence-electron chi connectivity index (χ4n) is 2.77. The molecule has 3 rings (SSSR count). The predicted octanol–water partition coefficient (Wildman–Crippen LogP) is 3.90. The zero-order valence-electron chi connectivity index (χ0n) is 13.4. The molecule has 1 atom stereocenters. The summed E-state index contributed by atoms with van der Waals surface area (Å²) >= 11 is 6.05. The predicted molar refractivity (Wildman–Crippen MR) is 98.0 cm³/mol. The van der Waals surface area contributed by atoms with Crippen LogP contribution in [0.1, 0.15) is 12.8 Å². The van der Waals surface area contributed by atoms with Crippen molar-refractivity contribution in [3.05, 3.63) is 53.6 Å². The summed E-state index contributed by atoms with van der Waals surface area (Å²) in [5.41, 5.74) is 0.636. The lowest BCUT2D eigenvalue weighted by molar-refractivity contribution is -0.116. The Morgan fingerprint density at radius 3 is 2.52 bits per heavy atom. The van der Waals surface area contributed by atoms with Crippen LogP contribution in [-0.4, -0.2) is 25.8 Å². The van der Waals surface area contributed by atoms with E-state index in [4.69, 9.17) is 16.3 Å². The number of carbonyl (C=O) groups is 1. The van der Waals surface area contributed by atoms with E-state index in [0.717, 1.165) is 0 Å². The third-order valence-electron chi connectivity index (χ3n) is 4.00. The molecule has 0 aromatic heterocycles. The number of nitrogens with one attached hydrogen (secondary N) is 1. The molecular formula is C18H18ClNO4S. The van der Waals surface area contributed by atoms with Gasteiger partial charge in [0.15, 0.2) is 9.84 Å². The lowest BCUT2D eigenvalue weighted by Gasteiger charge is -2.10. The van der Waals surface area contributed by atoms with Crippen molar-refractivity contribution in [2.75, 3.05) is 16.8 Å². The molecule has 1 aliphatic rings. The monoisotopic (exact) mass is 379 g/mol. The number of benzene rings is 2. The van der Waals surface area contributed by atoms with Crippen molar-refractivity contribution < 1.29 is 17.9 Å². The van der Waals surface area contributed by atoms with E-state index in [2.05, 4.69) is 5.32 Å². The molecule has 0 saturated carbocycles. The number of ether oxygens (including phenoxy) is 1. The quantitative estimate of drug-likeness (QED) is 0.855. The zero-order valence-corrected chi connectivity index (χ0v) is 15.0. The van der Waals surface area contributed by atoms with Crippen LogP contribution in [0.3, 0.4) is 0 Å². The van der Waals surface area contributed by atoms with Crippen LogP contribution in [0.4, 0.5) is 5.69 Å². The molecule has 0 bridgehead atoms. The van der Waals surface area contributed by atoms with Gasteiger partial charge in [0, 0.05) is 12.1 Å². The van der Waals surface area contributed by atoms with E-state index in [1.807, 2.05) is 12.1 Å². The first-order valence-corrected chi connectivity index (χ1v) is 10.1. The van der Waals surface area contributed by atoms with Gasteiger partial charge in [0.2, 0.25) is 5.91 Å². The molecule has 1 fully saturated rings. The first kappa shape index (κ1) is 17.8. The summed E-state index contributed by atoms with van der Waals surface area (Å²) in [6.07, 6.45) is 0.775. The lowest BCUT2D eigenvalue weighted by Crippen LogP contribution is -2.17. The summed E-state index contributed by atoms with van der Waals surface area (Å²) in [6.45, 7) is 0. The van der Waals surface area contributed by atoms with E-state index in [1.165, 1.54) is 0 Å². The number of hydrogen-bond acceptors (Lipinski definition) is 4. The highest BCUT2D eigenvalue weighted by molar-refractivity contribution is 7.91. The summed E-state index contributed by atoms with van der Waals surface area (Å²) in [5.74, 6) is 1.18. The van der Waals surface area contributed by atoms with Gasteiger partial charge < -0.3 is 10.1 Å². The van der Waals surface area contributed by atoms with Crippen LogP contribution in [0.5, 0.6) is 11.5 Å². The van der Waals surface area contributed by atoms with Gasteiger partial charge in [-0.3, -0.25) is 4.79 Å². The molecule has 2 aromatic carbocycles. The minimum Gasteiger partial charge on any atom is -0.456 e. The van der Waals surface area contributed by atoms with Gasteiger partial charge in [-0.1, -0.05) is 23.7 Å². The van der Waals surface area contributed by atoms with Gasteiger partial charge in [0.05, 0.1) is 16.5 Å². The van der Waals surface area contributed by atoms with Gasteiger partial charge in [0.25, 0.3) is 0 Å². The Hall–Kier alpha value is -2.05. The summed E-state index contributed by atoms with van der Waals surface area (Å²) < 4.78 is 28.6. The molecule has 25 heavy (non-hydrogen) atoms. The molecule has 5 nitrogen and oxygen atoms in total. The molecule has 1 amide bonds. The highest BCUT2D eigenvalue weighted by atomic mass is 35.5. The van der Waals surface area contributed by atoms with Gasteiger partial charge in [0.1, 0.15) is 11.5 Å². The van der Waals surface area contributed by atoms with E-state index in [0.29, 0.717) is 28.6 Å². The van der Waals surface area contributed by atoms with Crippen molar-refractivity contribution in [2.24, 2.45) is 5.92 Å². The summed E-state index contributed by atoms with van der Waals surface area (Å²) in [4.78, 5) is 12.0. The molecule has 1 aliphatic heterocycles. The molecule has 132 valence electrons. The molecule has 0 unspecified atom stereocenters. The summed E-state index contributed by atoms with van der Waals surface area (Å²) in [6, 6.07) is 14.1. The molecule has 0 spiro atoms. The standard InChI is InChI=1S/C18H18ClNO4S/c19-16-3-1-2-4-17(16)24-15-7-5-14(6-8-15)20-18(21)11-13-9-10-25(22,23)12-13/h1-8,13H,9-12H2,(H,20,21)/t13-/m1/s1. The molecule has 0 aliphatic carbocycles. The highest BCUT2D eigenvalue weighted by Crippen LogP contribution is 2.29. The van der Waals surface area contributed by atoms with Gasteiger partial charge in [-0.25, -0.2) is 8.42 Å². The van der Waals surface area contributed by atoms with E-state index in [-0.39, 0.29) is 29.8 Å². The van der Waals surface area contributed by atoms with Crippen molar-refractivity contribution >= 4 is 33.0 Å². The first-order valence-electron chi connectivity index (χ1n) is 7.94. The third kappa shape index (κ3) is 4.96. The van der Waals surface area contributed by atoms with Crippen LogP contribution in [0.25, 0.3) is 0 Å². The third-order valence-corrected chi connectivity index (χ3v) is 6.15. The topological polar surface area (TPSA) is 72.5 Å². The summed E-state index contributed by atoms with van der Waals surface area (Å²) in [7, 11) is -2.96. The summed E-state index contributed by atoms with van der Waals surface area (Å²) in [5, 5.41) is 3.30. The second-order valence-electron chi connectivity index (χ2n) is 6.08. The maximum absolute atomic E-state index is 12.0. The smallest absolute Gasteiger partial charge is 0.224 e. The fourth-order valence-corrected chi connectivity index (χ4v) is 4.80. The molecule has 1 heterocycles. The molecule has 7 heteroatoms. The van der Waals surface area contributed by atoms with E-state index < -0.39 is 9.84 Å². The van der Waals surface area contributed by atoms with Gasteiger partial charge in [-0.2, -0.15) is 0 Å². The average molecular weight is 380 g/mol. The Kier molecular flexibility index (Phi) is 5.30. The van der Waals surface area contributed by atoms with Crippen molar-refractivity contribution in [2.45, 2.75) is 12.8 Å². The average Bonchev–Trinajstić information content (AvgIpc) is 2.90. The van der Waals surface area contributed by atoms with Gasteiger partial charge in [-0.15, -0.1) is 0 Å². The maximum atomic E-state index is 12.0. The molecular weight excluding hydrogens is 362 g/mol. The number of anilines is 1. The number of halogens is 1. The van der Waals surface area contributed by atoms with Gasteiger partial charge >= 0.3 is 0 Å². The first-order chi connectivity index (χ1) is 11.9. The lowest BCUT2D eigenvalue weighted by atomic mass is 10.1. The largest absolute Gasteiger partial charge is 0.456 e. The fraction of sp³-hybridized carbons (Fsp3) is 0.278. The van der Waals surface area contributed by atoms with Crippen molar-refractivity contribution in [3.63, 3.8) is 0 Å². The Labute approximate surface area is 151 Å². The van der Waals surface area contributed by atoms with Crippen LogP contribution in [0, 0.1) is 5.92 Å². The minimum absolute atomic E-state index is 0.0900. The normalized spacial score (nSPS) is 18.7.